The van der Waals surface area contributed by atoms with Crippen LogP contribution in [0.25, 0.3) is 11.1 Å². The molecule has 48 heavy (non-hydrogen) atoms. The second kappa shape index (κ2) is 15.8. The summed E-state index contributed by atoms with van der Waals surface area (Å²) < 4.78 is 20.4. The van der Waals surface area contributed by atoms with Gasteiger partial charge in [0, 0.05) is 42.6 Å². The van der Waals surface area contributed by atoms with Gasteiger partial charge in [0.2, 0.25) is 5.88 Å². The highest BCUT2D eigenvalue weighted by atomic mass is 32.1. The maximum Gasteiger partial charge on any atom is 0.270 e. The highest BCUT2D eigenvalue weighted by Crippen LogP contribution is 2.29. The number of thiazole rings is 1. The molecule has 2 atom stereocenters. The number of nitrogens with one attached hydrogen (secondary N) is 3. The van der Waals surface area contributed by atoms with Crippen LogP contribution in [0.5, 0.6) is 11.6 Å². The van der Waals surface area contributed by atoms with E-state index in [1.165, 1.54) is 16.9 Å². The van der Waals surface area contributed by atoms with Crippen LogP contribution in [0, 0.1) is 5.82 Å². The molecule has 0 radical (unpaired) electrons. The summed E-state index contributed by atoms with van der Waals surface area (Å²) in [5, 5.41) is 11.3. The first-order valence-corrected chi connectivity index (χ1v) is 17.7. The maximum absolute atomic E-state index is 14.3. The Hall–Kier alpha value is -4.19. The molecule has 2 aromatic heterocycles. The number of hydrogen-bond acceptors (Lipinski definition) is 8. The molecule has 0 spiro atoms. The summed E-state index contributed by atoms with van der Waals surface area (Å²) in [7, 11) is 0. The number of benzene rings is 2. The van der Waals surface area contributed by atoms with Crippen molar-refractivity contribution >= 4 is 23.2 Å². The van der Waals surface area contributed by atoms with Crippen LogP contribution < -0.4 is 20.7 Å². The van der Waals surface area contributed by atoms with Gasteiger partial charge in [0.1, 0.15) is 22.8 Å². The molecule has 2 fully saturated rings. The molecule has 9 nitrogen and oxygen atoms in total. The lowest BCUT2D eigenvalue weighted by Gasteiger charge is -2.36. The van der Waals surface area contributed by atoms with Gasteiger partial charge in [-0.05, 0) is 93.8 Å². The largest absolute Gasteiger partial charge is 0.438 e. The Morgan fingerprint density at radius 1 is 0.938 bits per heavy atom. The maximum atomic E-state index is 14.3. The number of hydrogen-bond donors (Lipinski definition) is 3. The van der Waals surface area contributed by atoms with Crippen LogP contribution in [0.15, 0.2) is 71.7 Å². The highest BCUT2D eigenvalue weighted by molar-refractivity contribution is 7.07. The Kier molecular flexibility index (Phi) is 11.1. The van der Waals surface area contributed by atoms with Crippen molar-refractivity contribution < 1.29 is 18.7 Å². The van der Waals surface area contributed by atoms with Gasteiger partial charge in [0.25, 0.3) is 11.8 Å². The van der Waals surface area contributed by atoms with Crippen molar-refractivity contribution in [3.63, 3.8) is 0 Å². The number of pyridine rings is 1. The number of carbonyl (C=O) groups excluding carboxylic acids is 2. The van der Waals surface area contributed by atoms with Gasteiger partial charge >= 0.3 is 0 Å². The first-order chi connectivity index (χ1) is 23.3. The smallest absolute Gasteiger partial charge is 0.270 e. The summed E-state index contributed by atoms with van der Waals surface area (Å²) in [6, 6.07) is 18.3. The molecule has 252 valence electrons. The number of carbonyl (C=O) groups is 2. The molecule has 3 heterocycles. The van der Waals surface area contributed by atoms with Gasteiger partial charge in [-0.25, -0.2) is 14.4 Å². The topological polar surface area (TPSA) is 108 Å². The van der Waals surface area contributed by atoms with E-state index >= 15 is 0 Å². The van der Waals surface area contributed by atoms with E-state index < -0.39 is 11.7 Å². The monoisotopic (exact) mass is 670 g/mol. The summed E-state index contributed by atoms with van der Waals surface area (Å²) in [5.41, 5.74) is 5.41. The van der Waals surface area contributed by atoms with Crippen LogP contribution in [-0.4, -0.2) is 70.5 Å². The van der Waals surface area contributed by atoms with Crippen LogP contribution in [-0.2, 0) is 6.42 Å². The summed E-state index contributed by atoms with van der Waals surface area (Å²) in [5.74, 6) is -0.704. The number of aryl methyl sites for hydroxylation is 1. The van der Waals surface area contributed by atoms with Crippen molar-refractivity contribution in [2.75, 3.05) is 19.6 Å². The summed E-state index contributed by atoms with van der Waals surface area (Å²) in [6.45, 7) is 7.79. The van der Waals surface area contributed by atoms with Crippen LogP contribution in [0.4, 0.5) is 4.39 Å². The quantitative estimate of drug-likeness (QED) is 0.174. The summed E-state index contributed by atoms with van der Waals surface area (Å²) in [6.07, 6.45) is 6.00. The van der Waals surface area contributed by atoms with Gasteiger partial charge in [0.05, 0.1) is 11.7 Å². The van der Waals surface area contributed by atoms with E-state index in [9.17, 15) is 14.0 Å². The molecule has 1 saturated carbocycles. The minimum Gasteiger partial charge on any atom is -0.438 e. The van der Waals surface area contributed by atoms with Gasteiger partial charge < -0.3 is 25.6 Å². The Balaban J connectivity index is 1.03. The normalized spacial score (nSPS) is 21.4. The van der Waals surface area contributed by atoms with E-state index in [1.807, 2.05) is 18.2 Å². The van der Waals surface area contributed by atoms with Crippen LogP contribution in [0.2, 0.25) is 0 Å². The fourth-order valence-electron chi connectivity index (χ4n) is 6.74. The fraction of sp³-hybridized carbons (Fsp3) is 0.405. The molecular weight excluding hydrogens is 628 g/mol. The third-order valence-corrected chi connectivity index (χ3v) is 9.62. The van der Waals surface area contributed by atoms with Crippen molar-refractivity contribution in [1.29, 1.82) is 0 Å². The number of nitrogens with zero attached hydrogens (tertiary/aromatic N) is 3. The average molecular weight is 671 g/mol. The number of rotatable bonds is 11. The van der Waals surface area contributed by atoms with E-state index in [0.717, 1.165) is 55.9 Å². The van der Waals surface area contributed by atoms with Crippen molar-refractivity contribution in [2.45, 2.75) is 76.5 Å². The van der Waals surface area contributed by atoms with E-state index in [-0.39, 0.29) is 29.4 Å². The van der Waals surface area contributed by atoms with Gasteiger partial charge in [0.15, 0.2) is 0 Å². The molecule has 1 aliphatic carbocycles. The third-order valence-electron chi connectivity index (χ3n) is 9.03. The van der Waals surface area contributed by atoms with Crippen LogP contribution >= 0.6 is 11.3 Å². The highest BCUT2D eigenvalue weighted by Gasteiger charge is 2.26. The minimum absolute atomic E-state index is 0.0148. The second-order valence-electron chi connectivity index (χ2n) is 13.0. The first-order valence-electron chi connectivity index (χ1n) is 16.8. The Morgan fingerprint density at radius 3 is 2.33 bits per heavy atom. The van der Waals surface area contributed by atoms with Gasteiger partial charge in [-0.2, -0.15) is 0 Å². The van der Waals surface area contributed by atoms with Crippen LogP contribution in [0.3, 0.4) is 0 Å². The van der Waals surface area contributed by atoms with E-state index in [4.69, 9.17) is 4.74 Å². The SMILES string of the molecule is C[C@@H]1CN(CCCc2ccc(-c3cccc(Oc4ncc(F)cc4C(=O)N[C@H]4CC[C@@H](NC(=O)c5cscn5)CC4)c3)cc2)C[C@H](C)N1. The van der Waals surface area contributed by atoms with E-state index in [2.05, 4.69) is 68.9 Å². The molecule has 6 rings (SSSR count). The van der Waals surface area contributed by atoms with Gasteiger partial charge in [-0.15, -0.1) is 11.3 Å². The molecule has 2 aromatic carbocycles. The molecule has 0 unspecified atom stereocenters. The molecule has 3 N–H and O–H groups in total. The lowest BCUT2D eigenvalue weighted by Crippen LogP contribution is -2.54. The minimum atomic E-state index is -0.619. The van der Waals surface area contributed by atoms with Crippen molar-refractivity contribution in [1.82, 2.24) is 30.8 Å². The molecule has 2 aliphatic rings. The number of halogens is 1. The predicted octanol–water partition coefficient (Wildman–Crippen LogP) is 6.22. The Morgan fingerprint density at radius 2 is 1.65 bits per heavy atom. The molecule has 4 aromatic rings. The Labute approximate surface area is 285 Å². The lowest BCUT2D eigenvalue weighted by molar-refractivity contribution is 0.0888. The van der Waals surface area contributed by atoms with E-state index in [0.29, 0.717) is 49.2 Å². The zero-order valence-electron chi connectivity index (χ0n) is 27.5. The molecule has 11 heteroatoms. The second-order valence-corrected chi connectivity index (χ2v) is 13.8. The van der Waals surface area contributed by atoms with Gasteiger partial charge in [-0.1, -0.05) is 36.4 Å². The standard InChI is InChI=1S/C37H43FN6O3S/c1-24-20-44(21-25(2)41-24)16-4-5-26-8-10-27(11-9-26)28-6-3-7-32(17-28)47-37-33(18-29(38)19-39-37)35(45)42-30-12-14-31(15-13-30)43-36(46)34-22-48-23-40-34/h3,6-11,17-19,22-25,30-31,41H,4-5,12-16,20-21H2,1-2H3,(H,42,45)(H,43,46)/t24-,25+,30-,31+. The summed E-state index contributed by atoms with van der Waals surface area (Å²) in [4.78, 5) is 36.4. The van der Waals surface area contributed by atoms with Crippen molar-refractivity contribution in [3.8, 4) is 22.8 Å². The fourth-order valence-corrected chi connectivity index (χ4v) is 7.28. The first kappa shape index (κ1) is 33.7. The zero-order valence-corrected chi connectivity index (χ0v) is 28.3. The lowest BCUT2D eigenvalue weighted by atomic mass is 9.91. The average Bonchev–Trinajstić information content (AvgIpc) is 3.62. The Bertz CT molecular complexity index is 1670. The number of ether oxygens (including phenoxy) is 1. The van der Waals surface area contributed by atoms with Crippen LogP contribution in [0.1, 0.15) is 72.4 Å². The summed E-state index contributed by atoms with van der Waals surface area (Å²) >= 11 is 1.38. The van der Waals surface area contributed by atoms with Gasteiger partial charge in [-0.3, -0.25) is 9.59 Å². The third kappa shape index (κ3) is 9.03. The molecule has 0 bridgehead atoms. The number of aromatic nitrogens is 2. The number of piperazine rings is 1. The van der Waals surface area contributed by atoms with E-state index in [1.54, 1.807) is 17.0 Å². The number of amides is 2. The van der Waals surface area contributed by atoms with Crippen molar-refractivity contribution in [3.05, 3.63) is 94.3 Å². The molecule has 1 aliphatic heterocycles. The van der Waals surface area contributed by atoms with Crippen molar-refractivity contribution in [2.24, 2.45) is 0 Å². The molecule has 1 saturated heterocycles. The predicted molar refractivity (Wildman–Crippen MR) is 186 cm³/mol. The molecule has 2 amide bonds. The zero-order chi connectivity index (χ0) is 33.5. The molecular formula is C37H43FN6O3S.